The van der Waals surface area contributed by atoms with Gasteiger partial charge in [0.15, 0.2) is 0 Å². The van der Waals surface area contributed by atoms with Crippen molar-refractivity contribution in [3.05, 3.63) is 59.3 Å². The van der Waals surface area contributed by atoms with E-state index in [1.165, 1.54) is 34.3 Å². The second kappa shape index (κ2) is 4.42. The smallest absolute Gasteiger partial charge is 0.0416 e. The molecule has 0 aromatic heterocycles. The first-order valence-electron chi connectivity index (χ1n) is 6.85. The maximum absolute atomic E-state index is 4.39. The molecule has 0 bridgehead atoms. The minimum Gasteiger partial charge on any atom is -0.0987 e. The lowest BCUT2D eigenvalue weighted by Crippen LogP contribution is -2.20. The Balaban J connectivity index is 2.69. The van der Waals surface area contributed by atoms with E-state index in [1.807, 2.05) is 0 Å². The summed E-state index contributed by atoms with van der Waals surface area (Å²) in [7, 11) is 0. The Hall–Kier alpha value is -1.30. The molecule has 0 heteroatoms. The molecule has 0 nitrogen and oxygen atoms in total. The summed E-state index contributed by atoms with van der Waals surface area (Å²) in [6.45, 7) is 17.3. The van der Waals surface area contributed by atoms with Gasteiger partial charge in [-0.3, -0.25) is 0 Å². The van der Waals surface area contributed by atoms with Crippen molar-refractivity contribution in [3.8, 4) is 0 Å². The molecule has 0 aromatic rings. The Bertz CT molecular complexity index is 496. The highest BCUT2D eigenvalue weighted by Gasteiger charge is 2.48. The van der Waals surface area contributed by atoms with Gasteiger partial charge in [-0.1, -0.05) is 43.9 Å². The molecule has 18 heavy (non-hydrogen) atoms. The Morgan fingerprint density at radius 3 is 2.28 bits per heavy atom. The second-order valence-corrected chi connectivity index (χ2v) is 5.80. The molecule has 0 radical (unpaired) electrons. The van der Waals surface area contributed by atoms with Gasteiger partial charge in [0.25, 0.3) is 0 Å². The predicted octanol–water partition coefficient (Wildman–Crippen LogP) is 5.37. The lowest BCUT2D eigenvalue weighted by Gasteiger charge is -2.31. The van der Waals surface area contributed by atoms with E-state index >= 15 is 0 Å². The van der Waals surface area contributed by atoms with Crippen molar-refractivity contribution < 1.29 is 0 Å². The lowest BCUT2D eigenvalue weighted by molar-refractivity contribution is 0.490. The highest BCUT2D eigenvalue weighted by atomic mass is 14.5. The van der Waals surface area contributed by atoms with Gasteiger partial charge in [-0.2, -0.15) is 0 Å². The van der Waals surface area contributed by atoms with Crippen LogP contribution in [0.25, 0.3) is 0 Å². The predicted molar refractivity (Wildman–Crippen MR) is 80.4 cm³/mol. The monoisotopic (exact) mass is 240 g/mol. The van der Waals surface area contributed by atoms with Gasteiger partial charge in [0.2, 0.25) is 0 Å². The fraction of sp³-hybridized carbons (Fsp3) is 0.444. The van der Waals surface area contributed by atoms with Crippen LogP contribution >= 0.6 is 0 Å². The fourth-order valence-electron chi connectivity index (χ4n) is 3.89. The maximum Gasteiger partial charge on any atom is 0.0416 e. The SMILES string of the molecule is C=CC1=C(C)C(C)=C(/C=C\C)C12CC(C)CC2=C. The Morgan fingerprint density at radius 1 is 1.22 bits per heavy atom. The summed E-state index contributed by atoms with van der Waals surface area (Å²) < 4.78 is 0. The molecule has 2 unspecified atom stereocenters. The molecule has 0 aromatic carbocycles. The highest BCUT2D eigenvalue weighted by Crippen LogP contribution is 2.60. The van der Waals surface area contributed by atoms with E-state index in [9.17, 15) is 0 Å². The third kappa shape index (κ3) is 1.51. The summed E-state index contributed by atoms with van der Waals surface area (Å²) in [4.78, 5) is 0. The molecule has 0 saturated heterocycles. The van der Waals surface area contributed by atoms with Gasteiger partial charge in [-0.25, -0.2) is 0 Å². The van der Waals surface area contributed by atoms with E-state index in [-0.39, 0.29) is 5.41 Å². The van der Waals surface area contributed by atoms with Crippen molar-refractivity contribution in [2.75, 3.05) is 0 Å². The van der Waals surface area contributed by atoms with Crippen LogP contribution in [0.2, 0.25) is 0 Å². The first-order chi connectivity index (χ1) is 8.48. The average Bonchev–Trinajstić information content (AvgIpc) is 2.71. The summed E-state index contributed by atoms with van der Waals surface area (Å²) >= 11 is 0. The van der Waals surface area contributed by atoms with Gasteiger partial charge >= 0.3 is 0 Å². The largest absolute Gasteiger partial charge is 0.0987 e. The van der Waals surface area contributed by atoms with Crippen LogP contribution in [0.3, 0.4) is 0 Å². The van der Waals surface area contributed by atoms with Crippen LogP contribution in [0.4, 0.5) is 0 Å². The van der Waals surface area contributed by atoms with E-state index in [0.717, 1.165) is 6.42 Å². The summed E-state index contributed by atoms with van der Waals surface area (Å²) in [5, 5.41) is 0. The lowest BCUT2D eigenvalue weighted by atomic mass is 9.71. The number of rotatable bonds is 2. The topological polar surface area (TPSA) is 0 Å². The van der Waals surface area contributed by atoms with Gasteiger partial charge in [0, 0.05) is 5.41 Å². The van der Waals surface area contributed by atoms with Crippen molar-refractivity contribution in [3.63, 3.8) is 0 Å². The number of allylic oxidation sites excluding steroid dienone is 8. The van der Waals surface area contributed by atoms with E-state index in [4.69, 9.17) is 0 Å². The van der Waals surface area contributed by atoms with Gasteiger partial charge in [-0.05, 0) is 61.8 Å². The van der Waals surface area contributed by atoms with Crippen LogP contribution in [0.1, 0.15) is 40.5 Å². The first kappa shape index (κ1) is 13.1. The Morgan fingerprint density at radius 2 is 1.83 bits per heavy atom. The van der Waals surface area contributed by atoms with Crippen molar-refractivity contribution in [1.82, 2.24) is 0 Å². The molecule has 0 amide bonds. The molecule has 2 aliphatic carbocycles. The molecule has 0 N–H and O–H groups in total. The van der Waals surface area contributed by atoms with Crippen LogP contribution in [-0.4, -0.2) is 0 Å². The third-order valence-corrected chi connectivity index (χ3v) is 4.68. The Labute approximate surface area is 111 Å². The van der Waals surface area contributed by atoms with Crippen molar-refractivity contribution in [1.29, 1.82) is 0 Å². The zero-order chi connectivity index (χ0) is 13.5. The standard InChI is InChI=1S/C18H24/c1-7-9-17-15(6)14(5)16(8-2)18(17)11-12(3)10-13(18)4/h7-9,12H,2,4,10-11H2,1,3,5-6H3/b9-7-. The van der Waals surface area contributed by atoms with Gasteiger partial charge in [0.05, 0.1) is 0 Å². The molecule has 1 fully saturated rings. The summed E-state index contributed by atoms with van der Waals surface area (Å²) in [5.41, 5.74) is 7.08. The van der Waals surface area contributed by atoms with Crippen LogP contribution in [0, 0.1) is 11.3 Å². The van der Waals surface area contributed by atoms with Crippen LogP contribution < -0.4 is 0 Å². The molecular formula is C18H24. The first-order valence-corrected chi connectivity index (χ1v) is 6.85. The summed E-state index contributed by atoms with van der Waals surface area (Å²) in [6, 6.07) is 0. The molecule has 96 valence electrons. The molecule has 1 spiro atoms. The number of hydrogen-bond acceptors (Lipinski definition) is 0. The van der Waals surface area contributed by atoms with Crippen molar-refractivity contribution >= 4 is 0 Å². The second-order valence-electron chi connectivity index (χ2n) is 5.80. The normalized spacial score (nSPS) is 32.4. The maximum atomic E-state index is 4.39. The van der Waals surface area contributed by atoms with Crippen LogP contribution in [0.15, 0.2) is 59.3 Å². The van der Waals surface area contributed by atoms with Gasteiger partial charge in [0.1, 0.15) is 0 Å². The quantitative estimate of drug-likeness (QED) is 0.569. The van der Waals surface area contributed by atoms with E-state index in [1.54, 1.807) is 0 Å². The third-order valence-electron chi connectivity index (χ3n) is 4.68. The molecule has 0 heterocycles. The van der Waals surface area contributed by atoms with Crippen molar-refractivity contribution in [2.24, 2.45) is 11.3 Å². The molecule has 0 aliphatic heterocycles. The zero-order valence-electron chi connectivity index (χ0n) is 12.1. The van der Waals surface area contributed by atoms with Crippen molar-refractivity contribution in [2.45, 2.75) is 40.5 Å². The number of hydrogen-bond donors (Lipinski definition) is 0. The molecular weight excluding hydrogens is 216 g/mol. The Kier molecular flexibility index (Phi) is 3.23. The zero-order valence-corrected chi connectivity index (χ0v) is 12.1. The van der Waals surface area contributed by atoms with E-state index < -0.39 is 0 Å². The summed E-state index contributed by atoms with van der Waals surface area (Å²) in [6.07, 6.45) is 8.80. The molecule has 1 saturated carbocycles. The van der Waals surface area contributed by atoms with Gasteiger partial charge < -0.3 is 0 Å². The minimum atomic E-state index is 0.0574. The fourth-order valence-corrected chi connectivity index (χ4v) is 3.89. The van der Waals surface area contributed by atoms with E-state index in [2.05, 4.69) is 59.1 Å². The highest BCUT2D eigenvalue weighted by molar-refractivity contribution is 5.64. The van der Waals surface area contributed by atoms with E-state index in [0.29, 0.717) is 5.92 Å². The van der Waals surface area contributed by atoms with Gasteiger partial charge in [-0.15, -0.1) is 0 Å². The van der Waals surface area contributed by atoms with Crippen LogP contribution in [0.5, 0.6) is 0 Å². The summed E-state index contributed by atoms with van der Waals surface area (Å²) in [5.74, 6) is 0.714. The molecule has 2 atom stereocenters. The molecule has 2 rings (SSSR count). The average molecular weight is 240 g/mol. The minimum absolute atomic E-state index is 0.0574. The molecule has 2 aliphatic rings. The van der Waals surface area contributed by atoms with Crippen LogP contribution in [-0.2, 0) is 0 Å².